The van der Waals surface area contributed by atoms with Gasteiger partial charge in [-0.05, 0) is 30.7 Å². The molecule has 0 bridgehead atoms. The molecule has 2 rings (SSSR count). The van der Waals surface area contributed by atoms with Crippen LogP contribution in [0.5, 0.6) is 0 Å². The summed E-state index contributed by atoms with van der Waals surface area (Å²) in [7, 11) is 0. The van der Waals surface area contributed by atoms with Crippen LogP contribution in [0.2, 0.25) is 0 Å². The molecule has 1 heterocycles. The molecule has 3 amide bonds. The van der Waals surface area contributed by atoms with E-state index >= 15 is 0 Å². The Morgan fingerprint density at radius 1 is 1.35 bits per heavy atom. The quantitative estimate of drug-likeness (QED) is 0.865. The van der Waals surface area contributed by atoms with Crippen molar-refractivity contribution in [2.75, 3.05) is 11.4 Å². The lowest BCUT2D eigenvalue weighted by atomic mass is 10.1. The molecule has 1 fully saturated rings. The smallest absolute Gasteiger partial charge is 0.293 e. The predicted octanol–water partition coefficient (Wildman–Crippen LogP) is 2.45. The summed E-state index contributed by atoms with van der Waals surface area (Å²) in [5, 5.41) is 2.35. The fraction of sp³-hybridized carbons (Fsp3) is 0.333. The van der Waals surface area contributed by atoms with Crippen LogP contribution in [-0.2, 0) is 4.79 Å². The highest BCUT2D eigenvalue weighted by atomic mass is 79.9. The third-order valence-corrected chi connectivity index (χ3v) is 3.18. The van der Waals surface area contributed by atoms with Gasteiger partial charge in [-0.25, -0.2) is 4.79 Å². The molecule has 1 aromatic carbocycles. The molecule has 0 aliphatic carbocycles. The Hall–Kier alpha value is -1.36. The fourth-order valence-corrected chi connectivity index (χ4v) is 2.43. The maximum absolute atomic E-state index is 11.8. The summed E-state index contributed by atoms with van der Waals surface area (Å²) in [6, 6.07) is 5.41. The lowest BCUT2D eigenvalue weighted by Gasteiger charge is -2.30. The molecule has 4 nitrogen and oxygen atoms in total. The Morgan fingerprint density at radius 3 is 2.71 bits per heavy atom. The number of nitrogens with zero attached hydrogens (tertiary/aromatic N) is 1. The van der Waals surface area contributed by atoms with Crippen LogP contribution >= 0.6 is 15.9 Å². The van der Waals surface area contributed by atoms with E-state index in [2.05, 4.69) is 21.2 Å². The molecule has 1 saturated heterocycles. The van der Waals surface area contributed by atoms with Crippen LogP contribution in [0.1, 0.15) is 12.5 Å². The summed E-state index contributed by atoms with van der Waals surface area (Å²) in [5.41, 5.74) is 1.86. The Balaban J connectivity index is 2.33. The van der Waals surface area contributed by atoms with E-state index in [1.165, 1.54) is 0 Å². The number of aryl methyl sites for hydroxylation is 1. The molecule has 90 valence electrons. The molecule has 1 aliphatic rings. The molecule has 1 aromatic rings. The minimum Gasteiger partial charge on any atom is -0.293 e. The Labute approximate surface area is 108 Å². The van der Waals surface area contributed by atoms with Crippen molar-refractivity contribution in [2.24, 2.45) is 5.92 Å². The van der Waals surface area contributed by atoms with E-state index in [9.17, 15) is 9.59 Å². The van der Waals surface area contributed by atoms with Crippen LogP contribution in [0.15, 0.2) is 22.7 Å². The summed E-state index contributed by atoms with van der Waals surface area (Å²) < 4.78 is 0.921. The SMILES string of the molecule is Cc1cc(Br)cc(N2CC(C)C(=O)NC2=O)c1. The molecule has 1 unspecified atom stereocenters. The van der Waals surface area contributed by atoms with E-state index in [0.29, 0.717) is 6.54 Å². The number of halogens is 1. The van der Waals surface area contributed by atoms with Crippen molar-refractivity contribution in [3.8, 4) is 0 Å². The van der Waals surface area contributed by atoms with Crippen molar-refractivity contribution >= 4 is 33.6 Å². The molecule has 0 aromatic heterocycles. The monoisotopic (exact) mass is 296 g/mol. The van der Waals surface area contributed by atoms with Crippen LogP contribution in [0.4, 0.5) is 10.5 Å². The highest BCUT2D eigenvalue weighted by Crippen LogP contribution is 2.24. The molecule has 5 heteroatoms. The largest absolute Gasteiger partial charge is 0.328 e. The number of hydrogen-bond acceptors (Lipinski definition) is 2. The van der Waals surface area contributed by atoms with Crippen LogP contribution in [0.3, 0.4) is 0 Å². The minimum absolute atomic E-state index is 0.188. The number of amides is 3. The van der Waals surface area contributed by atoms with E-state index in [-0.39, 0.29) is 17.9 Å². The number of anilines is 1. The van der Waals surface area contributed by atoms with Gasteiger partial charge in [-0.1, -0.05) is 22.9 Å². The van der Waals surface area contributed by atoms with Gasteiger partial charge in [0.2, 0.25) is 5.91 Å². The first-order valence-corrected chi connectivity index (χ1v) is 6.16. The third kappa shape index (κ3) is 2.49. The molecule has 1 aliphatic heterocycles. The van der Waals surface area contributed by atoms with Gasteiger partial charge in [-0.2, -0.15) is 0 Å². The number of rotatable bonds is 1. The van der Waals surface area contributed by atoms with E-state index in [0.717, 1.165) is 15.7 Å². The summed E-state index contributed by atoms with van der Waals surface area (Å²) in [5.74, 6) is -0.398. The first-order valence-electron chi connectivity index (χ1n) is 5.37. The Morgan fingerprint density at radius 2 is 2.06 bits per heavy atom. The Kier molecular flexibility index (Phi) is 3.19. The number of nitrogens with one attached hydrogen (secondary N) is 1. The van der Waals surface area contributed by atoms with Gasteiger partial charge in [0.15, 0.2) is 0 Å². The van der Waals surface area contributed by atoms with Gasteiger partial charge in [-0.15, -0.1) is 0 Å². The van der Waals surface area contributed by atoms with Gasteiger partial charge in [0.05, 0.1) is 5.92 Å². The van der Waals surface area contributed by atoms with E-state index in [1.807, 2.05) is 25.1 Å². The van der Waals surface area contributed by atoms with Crippen LogP contribution in [-0.4, -0.2) is 18.5 Å². The second-order valence-electron chi connectivity index (χ2n) is 4.29. The van der Waals surface area contributed by atoms with E-state index in [4.69, 9.17) is 0 Å². The summed E-state index contributed by atoms with van der Waals surface area (Å²) >= 11 is 3.40. The molecular weight excluding hydrogens is 284 g/mol. The number of imide groups is 1. The average Bonchev–Trinajstić information content (AvgIpc) is 2.22. The molecule has 1 N–H and O–H groups in total. The molecule has 0 spiro atoms. The van der Waals surface area contributed by atoms with Gasteiger partial charge in [-0.3, -0.25) is 15.0 Å². The second kappa shape index (κ2) is 4.49. The molecule has 17 heavy (non-hydrogen) atoms. The maximum Gasteiger partial charge on any atom is 0.328 e. The normalized spacial score (nSPS) is 20.4. The van der Waals surface area contributed by atoms with Crippen molar-refractivity contribution in [1.82, 2.24) is 5.32 Å². The highest BCUT2D eigenvalue weighted by Gasteiger charge is 2.30. The van der Waals surface area contributed by atoms with Crippen molar-refractivity contribution in [3.05, 3.63) is 28.2 Å². The van der Waals surface area contributed by atoms with Crippen molar-refractivity contribution in [1.29, 1.82) is 0 Å². The summed E-state index contributed by atoms with van der Waals surface area (Å²) in [6.45, 7) is 4.19. The van der Waals surface area contributed by atoms with E-state index < -0.39 is 0 Å². The standard InChI is InChI=1S/C12H13BrN2O2/c1-7-3-9(13)5-10(4-7)15-6-8(2)11(16)14-12(15)17/h3-5,8H,6H2,1-2H3,(H,14,16,17). The maximum atomic E-state index is 11.8. The van der Waals surface area contributed by atoms with Gasteiger partial charge < -0.3 is 0 Å². The van der Waals surface area contributed by atoms with Crippen LogP contribution < -0.4 is 10.2 Å². The van der Waals surface area contributed by atoms with Crippen LogP contribution in [0, 0.1) is 12.8 Å². The zero-order valence-corrected chi connectivity index (χ0v) is 11.2. The number of carbonyl (C=O) groups excluding carboxylic acids is 2. The minimum atomic E-state index is -0.356. The topological polar surface area (TPSA) is 49.4 Å². The van der Waals surface area contributed by atoms with Gasteiger partial charge in [0.1, 0.15) is 0 Å². The number of urea groups is 1. The first kappa shape index (κ1) is 12.1. The number of hydrogen-bond donors (Lipinski definition) is 1. The summed E-state index contributed by atoms with van der Waals surface area (Å²) in [4.78, 5) is 24.7. The third-order valence-electron chi connectivity index (χ3n) is 2.72. The van der Waals surface area contributed by atoms with Gasteiger partial charge in [0, 0.05) is 16.7 Å². The van der Waals surface area contributed by atoms with E-state index in [1.54, 1.807) is 11.8 Å². The average molecular weight is 297 g/mol. The van der Waals surface area contributed by atoms with Crippen molar-refractivity contribution in [2.45, 2.75) is 13.8 Å². The Bertz CT molecular complexity index is 467. The highest BCUT2D eigenvalue weighted by molar-refractivity contribution is 9.10. The zero-order valence-electron chi connectivity index (χ0n) is 9.66. The van der Waals surface area contributed by atoms with Crippen LogP contribution in [0.25, 0.3) is 0 Å². The van der Waals surface area contributed by atoms with Crippen molar-refractivity contribution < 1.29 is 9.59 Å². The van der Waals surface area contributed by atoms with Gasteiger partial charge in [0.25, 0.3) is 0 Å². The lowest BCUT2D eigenvalue weighted by Crippen LogP contribution is -2.53. The van der Waals surface area contributed by atoms with Gasteiger partial charge >= 0.3 is 6.03 Å². The zero-order chi connectivity index (χ0) is 12.6. The molecule has 0 saturated carbocycles. The number of benzene rings is 1. The molecule has 1 atom stereocenters. The number of carbonyl (C=O) groups is 2. The summed E-state index contributed by atoms with van der Waals surface area (Å²) in [6.07, 6.45) is 0. The molecule has 0 radical (unpaired) electrons. The first-order chi connectivity index (χ1) is 7.97. The van der Waals surface area contributed by atoms with Crippen molar-refractivity contribution in [3.63, 3.8) is 0 Å². The lowest BCUT2D eigenvalue weighted by molar-refractivity contribution is -0.123. The second-order valence-corrected chi connectivity index (χ2v) is 5.21. The fourth-order valence-electron chi connectivity index (χ4n) is 1.83. The predicted molar refractivity (Wildman–Crippen MR) is 68.9 cm³/mol. The molecular formula is C12H13BrN2O2.